The first-order valence-corrected chi connectivity index (χ1v) is 22.2. The van der Waals surface area contributed by atoms with Gasteiger partial charge in [0.25, 0.3) is 7.82 Å². The molecule has 0 aliphatic rings. The molecule has 0 radical (unpaired) electrons. The van der Waals surface area contributed by atoms with E-state index in [2.05, 4.69) is 92.1 Å². The van der Waals surface area contributed by atoms with Crippen LogP contribution in [-0.2, 0) is 18.4 Å². The zero-order valence-corrected chi connectivity index (χ0v) is 35.3. The van der Waals surface area contributed by atoms with E-state index in [1.54, 1.807) is 0 Å². The molecule has 0 saturated carbocycles. The van der Waals surface area contributed by atoms with Gasteiger partial charge >= 0.3 is 0 Å². The molecule has 0 aromatic heterocycles. The Kier molecular flexibility index (Phi) is 34.2. The number of quaternary nitrogens is 1. The molecule has 2 N–H and O–H groups in total. The van der Waals surface area contributed by atoms with Crippen molar-refractivity contribution < 1.29 is 32.9 Å². The maximum atomic E-state index is 12.8. The molecule has 8 nitrogen and oxygen atoms in total. The zero-order chi connectivity index (χ0) is 39.3. The predicted octanol–water partition coefficient (Wildman–Crippen LogP) is 10.6. The van der Waals surface area contributed by atoms with E-state index in [1.165, 1.54) is 44.9 Å². The van der Waals surface area contributed by atoms with Crippen LogP contribution in [0.15, 0.2) is 72.9 Å². The molecule has 1 amide bonds. The molecule has 53 heavy (non-hydrogen) atoms. The second kappa shape index (κ2) is 35.6. The zero-order valence-electron chi connectivity index (χ0n) is 34.4. The highest BCUT2D eigenvalue weighted by atomic mass is 31.2. The van der Waals surface area contributed by atoms with Crippen molar-refractivity contribution in [2.24, 2.45) is 0 Å². The molecule has 0 aliphatic carbocycles. The van der Waals surface area contributed by atoms with E-state index in [4.69, 9.17) is 9.05 Å². The molecule has 0 rings (SSSR count). The second-order valence-corrected chi connectivity index (χ2v) is 16.4. The fourth-order valence-corrected chi connectivity index (χ4v) is 6.12. The van der Waals surface area contributed by atoms with Gasteiger partial charge in [-0.15, -0.1) is 0 Å². The van der Waals surface area contributed by atoms with Crippen LogP contribution in [0.5, 0.6) is 0 Å². The number of carbonyl (C=O) groups excluding carboxylic acids is 1. The molecule has 0 saturated heterocycles. The van der Waals surface area contributed by atoms with E-state index < -0.39 is 20.0 Å². The van der Waals surface area contributed by atoms with Crippen LogP contribution in [0.25, 0.3) is 0 Å². The Balaban J connectivity index is 4.47. The van der Waals surface area contributed by atoms with Gasteiger partial charge < -0.3 is 28.8 Å². The van der Waals surface area contributed by atoms with E-state index in [-0.39, 0.29) is 19.1 Å². The van der Waals surface area contributed by atoms with Crippen molar-refractivity contribution in [2.45, 2.75) is 161 Å². The number of aliphatic hydroxyl groups is 1. The van der Waals surface area contributed by atoms with Crippen LogP contribution in [-0.4, -0.2) is 68.5 Å². The topological polar surface area (TPSA) is 108 Å². The minimum absolute atomic E-state index is 0.000768. The Hall–Kier alpha value is -2.06. The van der Waals surface area contributed by atoms with Crippen molar-refractivity contribution >= 4 is 13.7 Å². The molecule has 3 unspecified atom stereocenters. The number of phosphoric acid groups is 1. The van der Waals surface area contributed by atoms with Crippen LogP contribution in [0.4, 0.5) is 0 Å². The Bertz CT molecular complexity index is 1090. The molecule has 3 atom stereocenters. The average Bonchev–Trinajstić information content (AvgIpc) is 3.10. The summed E-state index contributed by atoms with van der Waals surface area (Å²) in [5.41, 5.74) is 0. The Morgan fingerprint density at radius 2 is 1.15 bits per heavy atom. The number of allylic oxidation sites excluding steroid dienone is 12. The third-order valence-electron chi connectivity index (χ3n) is 8.71. The number of carbonyl (C=O) groups is 1. The molecular weight excluding hydrogens is 683 g/mol. The van der Waals surface area contributed by atoms with Gasteiger partial charge in [-0.2, -0.15) is 0 Å². The summed E-state index contributed by atoms with van der Waals surface area (Å²) in [6.45, 7) is 4.52. The summed E-state index contributed by atoms with van der Waals surface area (Å²) in [5, 5.41) is 13.8. The van der Waals surface area contributed by atoms with Crippen LogP contribution in [0.1, 0.15) is 149 Å². The van der Waals surface area contributed by atoms with Crippen molar-refractivity contribution in [1.29, 1.82) is 0 Å². The summed E-state index contributed by atoms with van der Waals surface area (Å²) < 4.78 is 23.1. The fraction of sp³-hybridized carbons (Fsp3) is 0.705. The molecule has 306 valence electrons. The Morgan fingerprint density at radius 3 is 1.64 bits per heavy atom. The molecule has 0 aromatic rings. The van der Waals surface area contributed by atoms with Crippen molar-refractivity contribution in [3.05, 3.63) is 72.9 Å². The van der Waals surface area contributed by atoms with Crippen LogP contribution in [0.2, 0.25) is 0 Å². The largest absolute Gasteiger partial charge is 0.756 e. The summed E-state index contributed by atoms with van der Waals surface area (Å²) in [5.74, 6) is -0.213. The number of phosphoric ester groups is 1. The van der Waals surface area contributed by atoms with Gasteiger partial charge in [0.15, 0.2) is 0 Å². The first-order chi connectivity index (χ1) is 25.5. The minimum atomic E-state index is -4.57. The third kappa shape index (κ3) is 38.0. The monoisotopic (exact) mass is 763 g/mol. The SMILES string of the molecule is CC/C=C\C/C=C\C/C=C\C/C=C\C/C=C\C/C=C\CCCCC(=O)NC(COP(=O)([O-])OCC[N+](C)(C)C)C(O)CCCCCCCCCCCC. The quantitative estimate of drug-likeness (QED) is 0.0285. The van der Waals surface area contributed by atoms with Gasteiger partial charge in [-0.05, 0) is 64.2 Å². The number of unbranched alkanes of at least 4 members (excludes halogenated alkanes) is 11. The van der Waals surface area contributed by atoms with Gasteiger partial charge in [0.2, 0.25) is 5.91 Å². The molecular formula is C44H79N2O6P. The number of nitrogens with one attached hydrogen (secondary N) is 1. The lowest BCUT2D eigenvalue weighted by atomic mass is 10.0. The van der Waals surface area contributed by atoms with E-state index in [9.17, 15) is 19.4 Å². The maximum Gasteiger partial charge on any atom is 0.268 e. The van der Waals surface area contributed by atoms with Crippen LogP contribution < -0.4 is 10.2 Å². The highest BCUT2D eigenvalue weighted by Gasteiger charge is 2.24. The van der Waals surface area contributed by atoms with Gasteiger partial charge in [0.05, 0.1) is 39.9 Å². The predicted molar refractivity (Wildman–Crippen MR) is 223 cm³/mol. The maximum absolute atomic E-state index is 12.8. The molecule has 0 spiro atoms. The van der Waals surface area contributed by atoms with Crippen molar-refractivity contribution in [3.63, 3.8) is 0 Å². The highest BCUT2D eigenvalue weighted by molar-refractivity contribution is 7.45. The van der Waals surface area contributed by atoms with Crippen molar-refractivity contribution in [1.82, 2.24) is 5.32 Å². The molecule has 0 bridgehead atoms. The number of hydrogen-bond donors (Lipinski definition) is 2. The summed E-state index contributed by atoms with van der Waals surface area (Å²) in [4.78, 5) is 25.2. The molecule has 0 aliphatic heterocycles. The summed E-state index contributed by atoms with van der Waals surface area (Å²) >= 11 is 0. The Labute approximate surface area is 325 Å². The summed E-state index contributed by atoms with van der Waals surface area (Å²) in [7, 11) is 1.26. The van der Waals surface area contributed by atoms with E-state index in [0.29, 0.717) is 30.3 Å². The number of likely N-dealkylation sites (N-methyl/N-ethyl adjacent to an activating group) is 1. The first-order valence-electron chi connectivity index (χ1n) is 20.8. The van der Waals surface area contributed by atoms with E-state index in [0.717, 1.165) is 70.6 Å². The van der Waals surface area contributed by atoms with Gasteiger partial charge in [0, 0.05) is 6.42 Å². The first kappa shape index (κ1) is 50.9. The normalized spacial score (nSPS) is 15.2. The minimum Gasteiger partial charge on any atom is -0.756 e. The van der Waals surface area contributed by atoms with Crippen molar-refractivity contribution in [3.8, 4) is 0 Å². The number of hydrogen-bond acceptors (Lipinski definition) is 6. The molecule has 9 heteroatoms. The summed E-state index contributed by atoms with van der Waals surface area (Å²) in [6, 6.07) is -0.825. The van der Waals surface area contributed by atoms with Crippen LogP contribution in [0, 0.1) is 0 Å². The highest BCUT2D eigenvalue weighted by Crippen LogP contribution is 2.38. The molecule has 0 fully saturated rings. The lowest BCUT2D eigenvalue weighted by Gasteiger charge is -2.30. The number of rotatable bonds is 36. The van der Waals surface area contributed by atoms with Crippen molar-refractivity contribution in [2.75, 3.05) is 40.9 Å². The number of amides is 1. The third-order valence-corrected chi connectivity index (χ3v) is 9.67. The average molecular weight is 763 g/mol. The summed E-state index contributed by atoms with van der Waals surface area (Å²) in [6.07, 6.45) is 46.2. The van der Waals surface area contributed by atoms with Gasteiger partial charge in [-0.3, -0.25) is 9.36 Å². The fourth-order valence-electron chi connectivity index (χ4n) is 5.39. The number of nitrogens with zero attached hydrogens (tertiary/aromatic N) is 1. The van der Waals surface area contributed by atoms with Gasteiger partial charge in [-0.1, -0.05) is 151 Å². The lowest BCUT2D eigenvalue weighted by molar-refractivity contribution is -0.870. The Morgan fingerprint density at radius 1 is 0.679 bits per heavy atom. The van der Waals surface area contributed by atoms with E-state index >= 15 is 0 Å². The molecule has 0 heterocycles. The smallest absolute Gasteiger partial charge is 0.268 e. The lowest BCUT2D eigenvalue weighted by Crippen LogP contribution is -2.46. The van der Waals surface area contributed by atoms with E-state index in [1.807, 2.05) is 21.1 Å². The van der Waals surface area contributed by atoms with Gasteiger partial charge in [-0.25, -0.2) is 0 Å². The van der Waals surface area contributed by atoms with Gasteiger partial charge in [0.1, 0.15) is 13.2 Å². The van der Waals surface area contributed by atoms with Crippen LogP contribution in [0.3, 0.4) is 0 Å². The number of aliphatic hydroxyl groups excluding tert-OH is 1. The standard InChI is InChI=1S/C44H79N2O6P/c1-6-8-10-12-14-16-18-19-20-21-22-23-24-25-26-27-28-30-32-34-36-38-44(48)45-42(41-52-53(49,50)51-40-39-46(3,4)5)43(47)37-35-33-31-29-17-15-13-11-9-7-2/h8,10,14,16,19-20,22-23,25-26,28,30,42-43,47H,6-7,9,11-13,15,17-18,21,24,27,29,31-41H2,1-5H3,(H-,45,48,49,50)/b10-8-,16-14-,20-19-,23-22-,26-25-,30-28-. The molecule has 0 aromatic carbocycles. The second-order valence-electron chi connectivity index (χ2n) is 15.0. The van der Waals surface area contributed by atoms with Crippen LogP contribution >= 0.6 is 7.82 Å².